The van der Waals surface area contributed by atoms with Crippen molar-refractivity contribution in [2.45, 2.75) is 25.3 Å². The van der Waals surface area contributed by atoms with E-state index >= 15 is 0 Å². The highest BCUT2D eigenvalue weighted by atomic mass is 35.5. The van der Waals surface area contributed by atoms with Crippen LogP contribution in [0.15, 0.2) is 48.5 Å². The Kier molecular flexibility index (Phi) is 11.2. The third kappa shape index (κ3) is 8.70. The van der Waals surface area contributed by atoms with E-state index in [-0.39, 0.29) is 36.8 Å². The maximum absolute atomic E-state index is 12.2. The van der Waals surface area contributed by atoms with Gasteiger partial charge in [-0.25, -0.2) is 0 Å². The fourth-order valence-corrected chi connectivity index (χ4v) is 3.35. The molecular formula is C21H28Cl3N3O2. The number of nitrogens with one attached hydrogen (secondary N) is 1. The first-order chi connectivity index (χ1) is 13.1. The number of rotatable bonds is 7. The number of amides is 1. The van der Waals surface area contributed by atoms with Gasteiger partial charge in [0, 0.05) is 36.4 Å². The molecule has 3 N–H and O–H groups in total. The van der Waals surface area contributed by atoms with E-state index in [4.69, 9.17) is 22.1 Å². The van der Waals surface area contributed by atoms with E-state index in [1.54, 1.807) is 0 Å². The molecule has 1 heterocycles. The van der Waals surface area contributed by atoms with Crippen LogP contribution in [0.2, 0.25) is 5.02 Å². The van der Waals surface area contributed by atoms with Gasteiger partial charge in [-0.15, -0.1) is 24.8 Å². The van der Waals surface area contributed by atoms with Crippen LogP contribution in [0.4, 0.5) is 5.69 Å². The molecule has 0 aliphatic carbocycles. The van der Waals surface area contributed by atoms with E-state index < -0.39 is 0 Å². The highest BCUT2D eigenvalue weighted by Crippen LogP contribution is 2.16. The summed E-state index contributed by atoms with van der Waals surface area (Å²) in [5.41, 5.74) is 7.37. The zero-order chi connectivity index (χ0) is 19.1. The average Bonchev–Trinajstić information content (AvgIpc) is 2.67. The summed E-state index contributed by atoms with van der Waals surface area (Å²) >= 11 is 5.87. The number of ether oxygens (including phenoxy) is 1. The molecule has 2 aromatic rings. The monoisotopic (exact) mass is 459 g/mol. The number of nitrogens with two attached hydrogens (primary N) is 1. The number of nitrogens with zero attached hydrogens (tertiary/aromatic N) is 1. The third-order valence-electron chi connectivity index (χ3n) is 4.79. The number of benzene rings is 2. The van der Waals surface area contributed by atoms with E-state index in [9.17, 15) is 4.79 Å². The van der Waals surface area contributed by atoms with Crippen molar-refractivity contribution >= 4 is 48.0 Å². The molecule has 0 radical (unpaired) electrons. The highest BCUT2D eigenvalue weighted by molar-refractivity contribution is 6.30. The summed E-state index contributed by atoms with van der Waals surface area (Å²) in [5.74, 6) is 0.911. The molecule has 0 unspecified atom stereocenters. The Morgan fingerprint density at radius 2 is 1.69 bits per heavy atom. The van der Waals surface area contributed by atoms with Crippen LogP contribution in [0.3, 0.4) is 0 Å². The van der Waals surface area contributed by atoms with Crippen molar-refractivity contribution in [1.82, 2.24) is 10.2 Å². The number of nitrogen functional groups attached to an aromatic ring is 1. The lowest BCUT2D eigenvalue weighted by Crippen LogP contribution is -2.45. The number of piperidine rings is 1. The highest BCUT2D eigenvalue weighted by Gasteiger charge is 2.20. The van der Waals surface area contributed by atoms with Crippen LogP contribution in [0.25, 0.3) is 0 Å². The van der Waals surface area contributed by atoms with E-state index in [1.807, 2.05) is 48.5 Å². The van der Waals surface area contributed by atoms with Gasteiger partial charge in [-0.2, -0.15) is 0 Å². The Labute approximate surface area is 189 Å². The van der Waals surface area contributed by atoms with Crippen molar-refractivity contribution in [3.63, 3.8) is 0 Å². The Hall–Kier alpha value is -1.66. The van der Waals surface area contributed by atoms with Gasteiger partial charge in [0.15, 0.2) is 0 Å². The summed E-state index contributed by atoms with van der Waals surface area (Å²) in [6.07, 6.45) is 2.33. The minimum absolute atomic E-state index is 0. The minimum Gasteiger partial charge on any atom is -0.492 e. The molecule has 0 saturated carbocycles. The maximum Gasteiger partial charge on any atom is 0.224 e. The number of carbonyl (C=O) groups is 1. The van der Waals surface area contributed by atoms with E-state index in [0.29, 0.717) is 23.7 Å². The second-order valence-corrected chi connectivity index (χ2v) is 7.34. The first-order valence-corrected chi connectivity index (χ1v) is 9.71. The second-order valence-electron chi connectivity index (χ2n) is 6.90. The van der Waals surface area contributed by atoms with Crippen LogP contribution in [0.1, 0.15) is 18.4 Å². The van der Waals surface area contributed by atoms with Crippen molar-refractivity contribution in [3.8, 4) is 5.75 Å². The second kappa shape index (κ2) is 12.8. The van der Waals surface area contributed by atoms with Crippen molar-refractivity contribution in [2.75, 3.05) is 32.0 Å². The van der Waals surface area contributed by atoms with Gasteiger partial charge in [-0.05, 0) is 54.8 Å². The third-order valence-corrected chi connectivity index (χ3v) is 5.04. The fourth-order valence-electron chi connectivity index (χ4n) is 3.22. The van der Waals surface area contributed by atoms with E-state index in [0.717, 1.165) is 43.8 Å². The molecule has 1 aliphatic heterocycles. The van der Waals surface area contributed by atoms with Gasteiger partial charge in [0.05, 0.1) is 6.42 Å². The topological polar surface area (TPSA) is 67.6 Å². The molecule has 29 heavy (non-hydrogen) atoms. The van der Waals surface area contributed by atoms with Gasteiger partial charge in [-0.3, -0.25) is 9.69 Å². The molecule has 8 heteroatoms. The van der Waals surface area contributed by atoms with E-state index in [1.165, 1.54) is 0 Å². The Morgan fingerprint density at radius 1 is 1.07 bits per heavy atom. The number of hydrogen-bond acceptors (Lipinski definition) is 4. The normalized spacial score (nSPS) is 14.4. The molecule has 5 nitrogen and oxygen atoms in total. The number of likely N-dealkylation sites (tertiary alicyclic amines) is 1. The predicted octanol–water partition coefficient (Wildman–Crippen LogP) is 3.97. The van der Waals surface area contributed by atoms with Crippen molar-refractivity contribution in [2.24, 2.45) is 0 Å². The van der Waals surface area contributed by atoms with Gasteiger partial charge in [0.25, 0.3) is 0 Å². The number of halogens is 3. The maximum atomic E-state index is 12.2. The summed E-state index contributed by atoms with van der Waals surface area (Å²) in [6, 6.07) is 15.1. The fraction of sp³-hybridized carbons (Fsp3) is 0.381. The van der Waals surface area contributed by atoms with Gasteiger partial charge in [0.1, 0.15) is 12.4 Å². The smallest absolute Gasteiger partial charge is 0.224 e. The zero-order valence-electron chi connectivity index (χ0n) is 16.2. The minimum atomic E-state index is 0. The summed E-state index contributed by atoms with van der Waals surface area (Å²) in [5, 5.41) is 3.86. The van der Waals surface area contributed by atoms with Gasteiger partial charge >= 0.3 is 0 Å². The molecule has 2 aromatic carbocycles. The molecular weight excluding hydrogens is 433 g/mol. The molecule has 160 valence electrons. The number of carbonyl (C=O) groups excluding carboxylic acids is 1. The molecule has 1 saturated heterocycles. The lowest BCUT2D eigenvalue weighted by atomic mass is 10.0. The predicted molar refractivity (Wildman–Crippen MR) is 124 cm³/mol. The quantitative estimate of drug-likeness (QED) is 0.614. The van der Waals surface area contributed by atoms with Crippen molar-refractivity contribution in [1.29, 1.82) is 0 Å². The lowest BCUT2D eigenvalue weighted by molar-refractivity contribution is -0.121. The van der Waals surface area contributed by atoms with Gasteiger partial charge in [-0.1, -0.05) is 23.7 Å². The molecule has 1 fully saturated rings. The molecule has 0 aromatic heterocycles. The Bertz CT molecular complexity index is 734. The largest absolute Gasteiger partial charge is 0.492 e. The summed E-state index contributed by atoms with van der Waals surface area (Å²) in [7, 11) is 0. The zero-order valence-corrected chi connectivity index (χ0v) is 18.6. The van der Waals surface area contributed by atoms with Gasteiger partial charge < -0.3 is 15.8 Å². The SMILES string of the molecule is Cl.Cl.Nc1ccc(CC(=O)NC2CCN(CCOc3ccc(Cl)cc3)CC2)cc1. The van der Waals surface area contributed by atoms with Crippen LogP contribution >= 0.6 is 36.4 Å². The summed E-state index contributed by atoms with van der Waals surface area (Å²) in [6.45, 7) is 3.47. The summed E-state index contributed by atoms with van der Waals surface area (Å²) < 4.78 is 5.75. The summed E-state index contributed by atoms with van der Waals surface area (Å²) in [4.78, 5) is 14.6. The van der Waals surface area contributed by atoms with Gasteiger partial charge in [0.2, 0.25) is 5.91 Å². The van der Waals surface area contributed by atoms with Crippen molar-refractivity contribution < 1.29 is 9.53 Å². The van der Waals surface area contributed by atoms with E-state index in [2.05, 4.69) is 10.2 Å². The Morgan fingerprint density at radius 3 is 2.31 bits per heavy atom. The molecule has 1 amide bonds. The van der Waals surface area contributed by atoms with Crippen molar-refractivity contribution in [3.05, 3.63) is 59.1 Å². The molecule has 0 spiro atoms. The lowest BCUT2D eigenvalue weighted by Gasteiger charge is -2.32. The molecule has 0 bridgehead atoms. The number of hydrogen-bond donors (Lipinski definition) is 2. The van der Waals surface area contributed by atoms with Crippen LogP contribution in [-0.4, -0.2) is 43.1 Å². The first kappa shape index (κ1) is 25.4. The van der Waals surface area contributed by atoms with Crippen LogP contribution in [-0.2, 0) is 11.2 Å². The first-order valence-electron chi connectivity index (χ1n) is 9.33. The van der Waals surface area contributed by atoms with Crippen LogP contribution in [0.5, 0.6) is 5.75 Å². The molecule has 3 rings (SSSR count). The standard InChI is InChI=1S/C21H26ClN3O2.2ClH/c22-17-3-7-20(8-4-17)27-14-13-25-11-9-19(10-12-25)24-21(26)15-16-1-5-18(23)6-2-16;;/h1-8,19H,9-15,23H2,(H,24,26);2*1H. The van der Waals surface area contributed by atoms with Crippen LogP contribution < -0.4 is 15.8 Å². The molecule has 1 aliphatic rings. The number of anilines is 1. The average molecular weight is 461 g/mol. The molecule has 0 atom stereocenters. The van der Waals surface area contributed by atoms with Crippen LogP contribution in [0, 0.1) is 0 Å². The Balaban J connectivity index is 0.00000210.